The number of carbonyl (C=O) groups excluding carboxylic acids is 2. The zero-order chi connectivity index (χ0) is 17.8. The van der Waals surface area contributed by atoms with Crippen LogP contribution in [0, 0.1) is 0 Å². The SMILES string of the molecule is COc1ccccc1NC(=O)CN1Cc2ccccc2CC1C(N)=O. The molecule has 1 atom stereocenters. The summed E-state index contributed by atoms with van der Waals surface area (Å²) >= 11 is 0. The summed E-state index contributed by atoms with van der Waals surface area (Å²) in [4.78, 5) is 26.1. The van der Waals surface area contributed by atoms with E-state index in [1.807, 2.05) is 41.3 Å². The van der Waals surface area contributed by atoms with E-state index in [0.717, 1.165) is 11.1 Å². The predicted octanol–water partition coefficient (Wildman–Crippen LogP) is 1.55. The average molecular weight is 339 g/mol. The summed E-state index contributed by atoms with van der Waals surface area (Å²) in [5.74, 6) is -0.0407. The van der Waals surface area contributed by atoms with Gasteiger partial charge in [0, 0.05) is 6.54 Å². The van der Waals surface area contributed by atoms with Gasteiger partial charge in [-0.1, -0.05) is 36.4 Å². The van der Waals surface area contributed by atoms with Crippen molar-refractivity contribution in [3.63, 3.8) is 0 Å². The van der Waals surface area contributed by atoms with E-state index >= 15 is 0 Å². The topological polar surface area (TPSA) is 84.7 Å². The largest absolute Gasteiger partial charge is 0.495 e. The second-order valence-corrected chi connectivity index (χ2v) is 6.04. The first-order chi connectivity index (χ1) is 12.1. The minimum atomic E-state index is -0.488. The molecule has 2 amide bonds. The lowest BCUT2D eigenvalue weighted by Gasteiger charge is -2.34. The molecule has 25 heavy (non-hydrogen) atoms. The molecule has 3 rings (SSSR count). The summed E-state index contributed by atoms with van der Waals surface area (Å²) in [5.41, 5.74) is 8.38. The molecule has 0 saturated heterocycles. The summed E-state index contributed by atoms with van der Waals surface area (Å²) in [6.45, 7) is 0.600. The van der Waals surface area contributed by atoms with E-state index in [1.165, 1.54) is 0 Å². The van der Waals surface area contributed by atoms with Crippen molar-refractivity contribution in [3.05, 3.63) is 59.7 Å². The van der Waals surface area contributed by atoms with Crippen LogP contribution in [0.15, 0.2) is 48.5 Å². The summed E-state index contributed by atoms with van der Waals surface area (Å²) in [7, 11) is 1.55. The molecule has 0 radical (unpaired) electrons. The lowest BCUT2D eigenvalue weighted by molar-refractivity contribution is -0.125. The van der Waals surface area contributed by atoms with Gasteiger partial charge in [-0.2, -0.15) is 0 Å². The van der Waals surface area contributed by atoms with Crippen LogP contribution < -0.4 is 15.8 Å². The molecule has 1 aliphatic rings. The molecule has 2 aromatic rings. The van der Waals surface area contributed by atoms with Crippen LogP contribution in [0.5, 0.6) is 5.75 Å². The lowest BCUT2D eigenvalue weighted by atomic mass is 9.93. The number of fused-ring (bicyclic) bond motifs is 1. The number of methoxy groups -OCH3 is 1. The number of nitrogens with one attached hydrogen (secondary N) is 1. The molecule has 1 heterocycles. The number of ether oxygens (including phenoxy) is 1. The first-order valence-corrected chi connectivity index (χ1v) is 8.11. The highest BCUT2D eigenvalue weighted by Gasteiger charge is 2.31. The van der Waals surface area contributed by atoms with Gasteiger partial charge in [-0.15, -0.1) is 0 Å². The molecule has 0 fully saturated rings. The molecule has 2 aromatic carbocycles. The van der Waals surface area contributed by atoms with Crippen molar-refractivity contribution >= 4 is 17.5 Å². The van der Waals surface area contributed by atoms with E-state index in [0.29, 0.717) is 24.4 Å². The number of para-hydroxylation sites is 2. The Labute approximate surface area is 146 Å². The molecule has 130 valence electrons. The molecular weight excluding hydrogens is 318 g/mol. The number of amides is 2. The molecule has 0 saturated carbocycles. The van der Waals surface area contributed by atoms with Crippen LogP contribution in [0.1, 0.15) is 11.1 Å². The second-order valence-electron chi connectivity index (χ2n) is 6.04. The number of anilines is 1. The van der Waals surface area contributed by atoms with Gasteiger partial charge in [-0.3, -0.25) is 14.5 Å². The van der Waals surface area contributed by atoms with Crippen LogP contribution in [0.2, 0.25) is 0 Å². The van der Waals surface area contributed by atoms with Crippen molar-refractivity contribution < 1.29 is 14.3 Å². The van der Waals surface area contributed by atoms with Crippen molar-refractivity contribution in [2.45, 2.75) is 19.0 Å². The Balaban J connectivity index is 1.74. The van der Waals surface area contributed by atoms with Gasteiger partial charge in [0.1, 0.15) is 5.75 Å². The Kier molecular flexibility index (Phi) is 5.00. The molecule has 0 spiro atoms. The molecule has 0 aliphatic carbocycles. The zero-order valence-corrected chi connectivity index (χ0v) is 14.1. The number of hydrogen-bond donors (Lipinski definition) is 2. The Hall–Kier alpha value is -2.86. The maximum Gasteiger partial charge on any atom is 0.238 e. The van der Waals surface area contributed by atoms with Crippen molar-refractivity contribution in [1.29, 1.82) is 0 Å². The third-order valence-corrected chi connectivity index (χ3v) is 4.40. The molecule has 1 unspecified atom stereocenters. The maximum atomic E-state index is 12.5. The van der Waals surface area contributed by atoms with E-state index in [2.05, 4.69) is 5.32 Å². The Morgan fingerprint density at radius 1 is 1.16 bits per heavy atom. The van der Waals surface area contributed by atoms with E-state index in [-0.39, 0.29) is 12.5 Å². The number of hydrogen-bond acceptors (Lipinski definition) is 4. The fourth-order valence-electron chi connectivity index (χ4n) is 3.15. The molecule has 0 aromatic heterocycles. The first kappa shape index (κ1) is 17.0. The predicted molar refractivity (Wildman–Crippen MR) is 95.2 cm³/mol. The Morgan fingerprint density at radius 2 is 1.84 bits per heavy atom. The van der Waals surface area contributed by atoms with Crippen LogP contribution in [0.3, 0.4) is 0 Å². The lowest BCUT2D eigenvalue weighted by Crippen LogP contribution is -2.50. The molecule has 6 nitrogen and oxygen atoms in total. The minimum absolute atomic E-state index is 0.0833. The number of carbonyl (C=O) groups is 2. The van der Waals surface area contributed by atoms with Crippen molar-refractivity contribution in [1.82, 2.24) is 4.90 Å². The summed E-state index contributed by atoms with van der Waals surface area (Å²) in [6.07, 6.45) is 0.521. The quantitative estimate of drug-likeness (QED) is 0.865. The fourth-order valence-corrected chi connectivity index (χ4v) is 3.15. The van der Waals surface area contributed by atoms with Gasteiger partial charge in [-0.05, 0) is 29.7 Å². The average Bonchev–Trinajstić information content (AvgIpc) is 2.61. The Bertz CT molecular complexity index is 791. The molecule has 6 heteroatoms. The van der Waals surface area contributed by atoms with Gasteiger partial charge >= 0.3 is 0 Å². The third-order valence-electron chi connectivity index (χ3n) is 4.40. The van der Waals surface area contributed by atoms with E-state index in [9.17, 15) is 9.59 Å². The van der Waals surface area contributed by atoms with Gasteiger partial charge in [0.15, 0.2) is 0 Å². The van der Waals surface area contributed by atoms with Gasteiger partial charge in [0.05, 0.1) is 25.4 Å². The summed E-state index contributed by atoms with van der Waals surface area (Å²) in [5, 5.41) is 2.83. The van der Waals surface area contributed by atoms with Crippen LogP contribution >= 0.6 is 0 Å². The Morgan fingerprint density at radius 3 is 2.56 bits per heavy atom. The second kappa shape index (κ2) is 7.36. The fraction of sp³-hybridized carbons (Fsp3) is 0.263. The highest BCUT2D eigenvalue weighted by atomic mass is 16.5. The molecule has 0 bridgehead atoms. The minimum Gasteiger partial charge on any atom is -0.495 e. The van der Waals surface area contributed by atoms with E-state index < -0.39 is 11.9 Å². The monoisotopic (exact) mass is 339 g/mol. The van der Waals surface area contributed by atoms with Gasteiger partial charge in [0.25, 0.3) is 0 Å². The third kappa shape index (κ3) is 3.80. The first-order valence-electron chi connectivity index (χ1n) is 8.11. The summed E-state index contributed by atoms with van der Waals surface area (Å²) < 4.78 is 5.24. The highest BCUT2D eigenvalue weighted by molar-refractivity contribution is 5.94. The number of rotatable bonds is 5. The maximum absolute atomic E-state index is 12.5. The number of nitrogens with two attached hydrogens (primary N) is 1. The highest BCUT2D eigenvalue weighted by Crippen LogP contribution is 2.25. The van der Waals surface area contributed by atoms with Gasteiger partial charge < -0.3 is 15.8 Å². The molecule has 1 aliphatic heterocycles. The van der Waals surface area contributed by atoms with Crippen LogP contribution in [-0.4, -0.2) is 36.4 Å². The molecule has 3 N–H and O–H groups in total. The number of primary amides is 1. The van der Waals surface area contributed by atoms with Crippen molar-refractivity contribution in [2.24, 2.45) is 5.73 Å². The van der Waals surface area contributed by atoms with Gasteiger partial charge in [0.2, 0.25) is 11.8 Å². The number of benzene rings is 2. The van der Waals surface area contributed by atoms with Crippen molar-refractivity contribution in [3.8, 4) is 5.75 Å². The van der Waals surface area contributed by atoms with E-state index in [4.69, 9.17) is 10.5 Å². The normalized spacial score (nSPS) is 16.8. The van der Waals surface area contributed by atoms with Crippen LogP contribution in [0.25, 0.3) is 0 Å². The van der Waals surface area contributed by atoms with Crippen LogP contribution in [0.4, 0.5) is 5.69 Å². The smallest absolute Gasteiger partial charge is 0.238 e. The van der Waals surface area contributed by atoms with Gasteiger partial charge in [-0.25, -0.2) is 0 Å². The van der Waals surface area contributed by atoms with Crippen molar-refractivity contribution in [2.75, 3.05) is 19.0 Å². The molecular formula is C19H21N3O3. The number of nitrogens with zero attached hydrogens (tertiary/aromatic N) is 1. The standard InChI is InChI=1S/C19H21N3O3/c1-25-17-9-5-4-8-15(17)21-18(23)12-22-11-14-7-3-2-6-13(14)10-16(22)19(20)24/h2-9,16H,10-12H2,1H3,(H2,20,24)(H,21,23). The summed E-state index contributed by atoms with van der Waals surface area (Å²) in [6, 6.07) is 14.6. The van der Waals surface area contributed by atoms with E-state index in [1.54, 1.807) is 19.2 Å². The zero-order valence-electron chi connectivity index (χ0n) is 14.1. The van der Waals surface area contributed by atoms with Crippen LogP contribution in [-0.2, 0) is 22.6 Å².